The fourth-order valence-electron chi connectivity index (χ4n) is 3.08. The third kappa shape index (κ3) is 3.23. The SMILES string of the molecule is CN1CCC(N2CC(F)(F)CC2C(=O)N(C)C)CC1. The summed E-state index contributed by atoms with van der Waals surface area (Å²) in [5.41, 5.74) is 0. The smallest absolute Gasteiger partial charge is 0.262 e. The Morgan fingerprint density at radius 2 is 1.84 bits per heavy atom. The summed E-state index contributed by atoms with van der Waals surface area (Å²) < 4.78 is 27.4. The first-order chi connectivity index (χ1) is 8.80. The molecule has 1 atom stereocenters. The average molecular weight is 275 g/mol. The standard InChI is InChI=1S/C13H23F2N3O/c1-16(2)12(19)11-8-13(14,15)9-18(11)10-4-6-17(3)7-5-10/h10-11H,4-9H2,1-3H3. The molecule has 2 saturated heterocycles. The topological polar surface area (TPSA) is 26.8 Å². The fourth-order valence-corrected chi connectivity index (χ4v) is 3.08. The van der Waals surface area contributed by atoms with Crippen LogP contribution in [-0.4, -0.2) is 79.4 Å². The minimum Gasteiger partial charge on any atom is -0.347 e. The van der Waals surface area contributed by atoms with Gasteiger partial charge in [0.05, 0.1) is 12.6 Å². The van der Waals surface area contributed by atoms with Gasteiger partial charge in [-0.2, -0.15) is 0 Å². The van der Waals surface area contributed by atoms with Crippen LogP contribution in [0.3, 0.4) is 0 Å². The molecule has 2 heterocycles. The van der Waals surface area contributed by atoms with Crippen molar-refractivity contribution in [3.05, 3.63) is 0 Å². The molecule has 1 unspecified atom stereocenters. The minimum absolute atomic E-state index is 0.110. The maximum Gasteiger partial charge on any atom is 0.262 e. The number of rotatable bonds is 2. The van der Waals surface area contributed by atoms with Gasteiger partial charge in [0.2, 0.25) is 5.91 Å². The van der Waals surface area contributed by atoms with E-state index in [0.29, 0.717) is 0 Å². The number of halogens is 2. The number of hydrogen-bond donors (Lipinski definition) is 0. The molecular formula is C13H23F2N3O. The van der Waals surface area contributed by atoms with Gasteiger partial charge in [-0.25, -0.2) is 8.78 Å². The molecule has 0 bridgehead atoms. The van der Waals surface area contributed by atoms with Crippen molar-refractivity contribution in [2.45, 2.75) is 37.3 Å². The number of likely N-dealkylation sites (tertiary alicyclic amines) is 2. The molecule has 2 fully saturated rings. The number of likely N-dealkylation sites (N-methyl/N-ethyl adjacent to an activating group) is 1. The van der Waals surface area contributed by atoms with Crippen molar-refractivity contribution in [3.8, 4) is 0 Å². The Morgan fingerprint density at radius 1 is 1.26 bits per heavy atom. The zero-order chi connectivity index (χ0) is 14.2. The molecule has 0 aliphatic carbocycles. The largest absolute Gasteiger partial charge is 0.347 e. The van der Waals surface area contributed by atoms with Crippen molar-refractivity contribution in [2.24, 2.45) is 0 Å². The van der Waals surface area contributed by atoms with Crippen LogP contribution in [0.25, 0.3) is 0 Å². The summed E-state index contributed by atoms with van der Waals surface area (Å²) in [4.78, 5) is 17.5. The first-order valence-electron chi connectivity index (χ1n) is 6.83. The van der Waals surface area contributed by atoms with E-state index in [1.54, 1.807) is 19.0 Å². The summed E-state index contributed by atoms with van der Waals surface area (Å²) in [6, 6.07) is -0.545. The molecule has 0 aromatic carbocycles. The number of hydrogen-bond acceptors (Lipinski definition) is 3. The van der Waals surface area contributed by atoms with Gasteiger partial charge in [0.1, 0.15) is 0 Å². The summed E-state index contributed by atoms with van der Waals surface area (Å²) >= 11 is 0. The van der Waals surface area contributed by atoms with Gasteiger partial charge >= 0.3 is 0 Å². The molecule has 19 heavy (non-hydrogen) atoms. The van der Waals surface area contributed by atoms with Crippen LogP contribution in [0.5, 0.6) is 0 Å². The van der Waals surface area contributed by atoms with E-state index in [1.807, 2.05) is 7.05 Å². The fraction of sp³-hybridized carbons (Fsp3) is 0.923. The predicted octanol–water partition coefficient (Wildman–Crippen LogP) is 0.878. The molecule has 6 heteroatoms. The van der Waals surface area contributed by atoms with Crippen molar-refractivity contribution in [1.29, 1.82) is 0 Å². The van der Waals surface area contributed by atoms with Crippen LogP contribution in [0.2, 0.25) is 0 Å². The predicted molar refractivity (Wildman–Crippen MR) is 69.3 cm³/mol. The Hall–Kier alpha value is -0.750. The monoisotopic (exact) mass is 275 g/mol. The van der Waals surface area contributed by atoms with E-state index in [9.17, 15) is 13.6 Å². The van der Waals surface area contributed by atoms with E-state index in [4.69, 9.17) is 0 Å². The highest BCUT2D eigenvalue weighted by atomic mass is 19.3. The number of piperidine rings is 1. The van der Waals surface area contributed by atoms with Crippen LogP contribution in [0, 0.1) is 0 Å². The molecule has 110 valence electrons. The Kier molecular flexibility index (Phi) is 4.11. The molecule has 2 rings (SSSR count). The quantitative estimate of drug-likeness (QED) is 0.748. The highest BCUT2D eigenvalue weighted by Crippen LogP contribution is 2.36. The molecule has 0 saturated carbocycles. The molecule has 4 nitrogen and oxygen atoms in total. The van der Waals surface area contributed by atoms with Gasteiger partial charge in [-0.3, -0.25) is 9.69 Å². The molecule has 0 aromatic heterocycles. The Balaban J connectivity index is 2.10. The van der Waals surface area contributed by atoms with Crippen LogP contribution >= 0.6 is 0 Å². The molecule has 0 spiro atoms. The van der Waals surface area contributed by atoms with Crippen molar-refractivity contribution >= 4 is 5.91 Å². The third-order valence-electron chi connectivity index (χ3n) is 4.19. The maximum absolute atomic E-state index is 13.7. The van der Waals surface area contributed by atoms with Crippen LogP contribution in [0.1, 0.15) is 19.3 Å². The molecule has 2 aliphatic heterocycles. The summed E-state index contributed by atoms with van der Waals surface area (Å²) in [5, 5.41) is 0. The third-order valence-corrected chi connectivity index (χ3v) is 4.19. The Morgan fingerprint density at radius 3 is 2.37 bits per heavy atom. The van der Waals surface area contributed by atoms with Crippen LogP contribution in [0.15, 0.2) is 0 Å². The zero-order valence-corrected chi connectivity index (χ0v) is 11.9. The number of nitrogens with zero attached hydrogens (tertiary/aromatic N) is 3. The van der Waals surface area contributed by atoms with Crippen molar-refractivity contribution in [2.75, 3.05) is 40.8 Å². The van der Waals surface area contributed by atoms with E-state index in [2.05, 4.69) is 4.90 Å². The van der Waals surface area contributed by atoms with E-state index in [-0.39, 0.29) is 24.9 Å². The zero-order valence-electron chi connectivity index (χ0n) is 11.9. The summed E-state index contributed by atoms with van der Waals surface area (Å²) in [6.45, 7) is 1.55. The van der Waals surface area contributed by atoms with Gasteiger partial charge in [0.15, 0.2) is 0 Å². The first kappa shape index (κ1) is 14.7. The highest BCUT2D eigenvalue weighted by molar-refractivity contribution is 5.82. The van der Waals surface area contributed by atoms with Crippen molar-refractivity contribution in [1.82, 2.24) is 14.7 Å². The first-order valence-corrected chi connectivity index (χ1v) is 6.83. The van der Waals surface area contributed by atoms with Crippen LogP contribution < -0.4 is 0 Å². The molecule has 0 radical (unpaired) electrons. The molecule has 0 aromatic rings. The summed E-state index contributed by atoms with van der Waals surface area (Å²) in [5.74, 6) is -2.93. The molecule has 2 aliphatic rings. The number of carbonyl (C=O) groups excluding carboxylic acids is 1. The summed E-state index contributed by atoms with van der Waals surface area (Å²) in [7, 11) is 5.30. The van der Waals surface area contributed by atoms with Crippen molar-refractivity contribution in [3.63, 3.8) is 0 Å². The second-order valence-electron chi connectivity index (χ2n) is 6.02. The van der Waals surface area contributed by atoms with Gasteiger partial charge in [-0.1, -0.05) is 0 Å². The van der Waals surface area contributed by atoms with E-state index in [1.165, 1.54) is 4.90 Å². The van der Waals surface area contributed by atoms with E-state index >= 15 is 0 Å². The lowest BCUT2D eigenvalue weighted by atomic mass is 10.0. The van der Waals surface area contributed by atoms with Gasteiger partial charge in [0.25, 0.3) is 5.92 Å². The minimum atomic E-state index is -2.74. The molecule has 0 N–H and O–H groups in total. The molecular weight excluding hydrogens is 252 g/mol. The Labute approximate surface area is 113 Å². The number of amides is 1. The molecule has 1 amide bonds. The van der Waals surface area contributed by atoms with Gasteiger partial charge in [0, 0.05) is 26.6 Å². The lowest BCUT2D eigenvalue weighted by Crippen LogP contribution is -2.50. The van der Waals surface area contributed by atoms with E-state index in [0.717, 1.165) is 25.9 Å². The van der Waals surface area contributed by atoms with Gasteiger partial charge in [-0.05, 0) is 33.0 Å². The second-order valence-corrected chi connectivity index (χ2v) is 6.02. The van der Waals surface area contributed by atoms with Crippen molar-refractivity contribution < 1.29 is 13.6 Å². The van der Waals surface area contributed by atoms with Gasteiger partial charge < -0.3 is 9.80 Å². The second kappa shape index (κ2) is 5.32. The van der Waals surface area contributed by atoms with Crippen LogP contribution in [0.4, 0.5) is 8.78 Å². The number of carbonyl (C=O) groups is 1. The highest BCUT2D eigenvalue weighted by Gasteiger charge is 2.50. The Bertz CT molecular complexity index is 341. The average Bonchev–Trinajstić information content (AvgIpc) is 2.65. The number of alkyl halides is 2. The van der Waals surface area contributed by atoms with E-state index < -0.39 is 12.0 Å². The maximum atomic E-state index is 13.7. The van der Waals surface area contributed by atoms with Crippen LogP contribution in [-0.2, 0) is 4.79 Å². The summed E-state index contributed by atoms with van der Waals surface area (Å²) in [6.07, 6.45) is 1.39. The van der Waals surface area contributed by atoms with Gasteiger partial charge in [-0.15, -0.1) is 0 Å². The normalized spacial score (nSPS) is 29.6. The lowest BCUT2D eigenvalue weighted by molar-refractivity contribution is -0.134. The lowest BCUT2D eigenvalue weighted by Gasteiger charge is -2.37.